The standard InChI is InChI=1S/C17H20N4O4/c1-4-9-21(11-16(22)19-15-10-12(2)25-20-15)17(23)18-13-7-5-6-8-14(13)24-3/h4-8,10H,1,9,11H2,2-3H3,(H,18,23)(H,19,20,22). The maximum atomic E-state index is 12.5. The van der Waals surface area contributed by atoms with E-state index in [2.05, 4.69) is 22.4 Å². The van der Waals surface area contributed by atoms with Gasteiger partial charge in [-0.1, -0.05) is 23.4 Å². The summed E-state index contributed by atoms with van der Waals surface area (Å²) in [6, 6.07) is 8.15. The number of aromatic nitrogens is 1. The highest BCUT2D eigenvalue weighted by Gasteiger charge is 2.18. The van der Waals surface area contributed by atoms with Gasteiger partial charge in [0.25, 0.3) is 0 Å². The first-order valence-corrected chi connectivity index (χ1v) is 7.56. The Bertz CT molecular complexity index is 757. The van der Waals surface area contributed by atoms with Crippen molar-refractivity contribution in [3.05, 3.63) is 48.7 Å². The van der Waals surface area contributed by atoms with Gasteiger partial charge in [0, 0.05) is 12.6 Å². The number of nitrogens with zero attached hydrogens (tertiary/aromatic N) is 2. The predicted molar refractivity (Wildman–Crippen MR) is 93.7 cm³/mol. The van der Waals surface area contributed by atoms with Crippen LogP contribution in [0.15, 0.2) is 47.5 Å². The number of urea groups is 1. The zero-order valence-electron chi connectivity index (χ0n) is 14.1. The SMILES string of the molecule is C=CCN(CC(=O)Nc1cc(C)on1)C(=O)Nc1ccccc1OC. The minimum Gasteiger partial charge on any atom is -0.495 e. The Hall–Kier alpha value is -3.29. The first kappa shape index (κ1) is 18.1. The van der Waals surface area contributed by atoms with Crippen LogP contribution in [0.5, 0.6) is 5.75 Å². The van der Waals surface area contributed by atoms with E-state index >= 15 is 0 Å². The van der Waals surface area contributed by atoms with E-state index in [1.165, 1.54) is 18.1 Å². The lowest BCUT2D eigenvalue weighted by molar-refractivity contribution is -0.116. The minimum atomic E-state index is -0.448. The average molecular weight is 344 g/mol. The Morgan fingerprint density at radius 1 is 1.36 bits per heavy atom. The maximum Gasteiger partial charge on any atom is 0.322 e. The van der Waals surface area contributed by atoms with Crippen LogP contribution in [0.4, 0.5) is 16.3 Å². The van der Waals surface area contributed by atoms with E-state index < -0.39 is 11.9 Å². The van der Waals surface area contributed by atoms with E-state index in [0.717, 1.165) is 0 Å². The lowest BCUT2D eigenvalue weighted by atomic mass is 10.3. The van der Waals surface area contributed by atoms with E-state index in [1.54, 1.807) is 37.3 Å². The molecule has 1 heterocycles. The summed E-state index contributed by atoms with van der Waals surface area (Å²) in [5.74, 6) is 1.00. The monoisotopic (exact) mass is 344 g/mol. The van der Waals surface area contributed by atoms with Crippen molar-refractivity contribution in [3.63, 3.8) is 0 Å². The summed E-state index contributed by atoms with van der Waals surface area (Å²) in [4.78, 5) is 25.9. The molecule has 2 N–H and O–H groups in total. The highest BCUT2D eigenvalue weighted by Crippen LogP contribution is 2.23. The number of anilines is 2. The van der Waals surface area contributed by atoms with E-state index in [0.29, 0.717) is 23.0 Å². The molecule has 0 aliphatic heterocycles. The van der Waals surface area contributed by atoms with Crippen molar-refractivity contribution >= 4 is 23.4 Å². The number of ether oxygens (including phenoxy) is 1. The normalized spacial score (nSPS) is 10.0. The first-order chi connectivity index (χ1) is 12.0. The van der Waals surface area contributed by atoms with E-state index in [4.69, 9.17) is 9.26 Å². The second-order valence-electron chi connectivity index (χ2n) is 5.17. The van der Waals surface area contributed by atoms with E-state index in [1.807, 2.05) is 0 Å². The van der Waals surface area contributed by atoms with Crippen LogP contribution in [0.25, 0.3) is 0 Å². The number of para-hydroxylation sites is 2. The largest absolute Gasteiger partial charge is 0.495 e. The van der Waals surface area contributed by atoms with Crippen LogP contribution in [0.3, 0.4) is 0 Å². The number of carbonyl (C=O) groups excluding carboxylic acids is 2. The molecule has 0 saturated carbocycles. The van der Waals surface area contributed by atoms with Gasteiger partial charge in [-0.15, -0.1) is 6.58 Å². The molecule has 3 amide bonds. The van der Waals surface area contributed by atoms with Gasteiger partial charge >= 0.3 is 6.03 Å². The van der Waals surface area contributed by atoms with Crippen molar-refractivity contribution in [2.45, 2.75) is 6.92 Å². The highest BCUT2D eigenvalue weighted by molar-refractivity contribution is 5.97. The van der Waals surface area contributed by atoms with Crippen LogP contribution in [0, 0.1) is 6.92 Å². The zero-order chi connectivity index (χ0) is 18.2. The Kier molecular flexibility index (Phi) is 6.16. The smallest absolute Gasteiger partial charge is 0.322 e. The fraction of sp³-hybridized carbons (Fsp3) is 0.235. The van der Waals surface area contributed by atoms with Crippen LogP contribution in [0.2, 0.25) is 0 Å². The summed E-state index contributed by atoms with van der Waals surface area (Å²) in [6.45, 7) is 5.36. The lowest BCUT2D eigenvalue weighted by Crippen LogP contribution is -2.40. The second-order valence-corrected chi connectivity index (χ2v) is 5.17. The molecule has 132 valence electrons. The van der Waals surface area contributed by atoms with Gasteiger partial charge in [-0.2, -0.15) is 0 Å². The van der Waals surface area contributed by atoms with E-state index in [-0.39, 0.29) is 13.1 Å². The molecule has 0 bridgehead atoms. The molecule has 2 aromatic rings. The second kappa shape index (κ2) is 8.53. The van der Waals surface area contributed by atoms with Crippen molar-refractivity contribution in [3.8, 4) is 5.75 Å². The number of rotatable bonds is 7. The summed E-state index contributed by atoms with van der Waals surface area (Å²) in [6.07, 6.45) is 1.54. The summed E-state index contributed by atoms with van der Waals surface area (Å²) in [5, 5.41) is 8.97. The molecule has 0 unspecified atom stereocenters. The molecule has 1 aromatic heterocycles. The van der Waals surface area contributed by atoms with Gasteiger partial charge in [-0.05, 0) is 19.1 Å². The Balaban J connectivity index is 2.02. The van der Waals surface area contributed by atoms with Crippen LogP contribution in [-0.2, 0) is 4.79 Å². The molecule has 0 spiro atoms. The van der Waals surface area contributed by atoms with Crippen molar-refractivity contribution in [1.82, 2.24) is 10.1 Å². The molecule has 0 aliphatic carbocycles. The molecule has 0 atom stereocenters. The predicted octanol–water partition coefficient (Wildman–Crippen LogP) is 2.65. The fourth-order valence-electron chi connectivity index (χ4n) is 2.10. The number of methoxy groups -OCH3 is 1. The average Bonchev–Trinajstić information content (AvgIpc) is 2.99. The lowest BCUT2D eigenvalue weighted by Gasteiger charge is -2.21. The molecule has 8 nitrogen and oxygen atoms in total. The van der Waals surface area contributed by atoms with Gasteiger partial charge in [0.2, 0.25) is 5.91 Å². The molecule has 0 fully saturated rings. The third-order valence-corrected chi connectivity index (χ3v) is 3.22. The molecule has 0 saturated heterocycles. The summed E-state index contributed by atoms with van der Waals surface area (Å²) < 4.78 is 10.1. The molecule has 2 rings (SSSR count). The van der Waals surface area contributed by atoms with Crippen LogP contribution >= 0.6 is 0 Å². The molecule has 0 aliphatic rings. The van der Waals surface area contributed by atoms with Crippen molar-refractivity contribution in [2.75, 3.05) is 30.8 Å². The first-order valence-electron chi connectivity index (χ1n) is 7.56. The van der Waals surface area contributed by atoms with Crippen molar-refractivity contribution < 1.29 is 18.8 Å². The molecule has 0 radical (unpaired) electrons. The number of hydrogen-bond acceptors (Lipinski definition) is 5. The quantitative estimate of drug-likeness (QED) is 0.753. The van der Waals surface area contributed by atoms with Gasteiger partial charge in [0.1, 0.15) is 18.1 Å². The third-order valence-electron chi connectivity index (χ3n) is 3.22. The van der Waals surface area contributed by atoms with Crippen LogP contribution in [-0.4, -0.2) is 42.2 Å². The van der Waals surface area contributed by atoms with Gasteiger partial charge in [-0.25, -0.2) is 4.79 Å². The van der Waals surface area contributed by atoms with Gasteiger partial charge < -0.3 is 24.8 Å². The Morgan fingerprint density at radius 3 is 2.76 bits per heavy atom. The number of aryl methyl sites for hydroxylation is 1. The maximum absolute atomic E-state index is 12.5. The number of hydrogen-bond donors (Lipinski definition) is 2. The third kappa shape index (κ3) is 5.10. The number of amides is 3. The molecular weight excluding hydrogens is 324 g/mol. The van der Waals surface area contributed by atoms with Crippen LogP contribution < -0.4 is 15.4 Å². The van der Waals surface area contributed by atoms with E-state index in [9.17, 15) is 9.59 Å². The minimum absolute atomic E-state index is 0.168. The molecule has 1 aromatic carbocycles. The van der Waals surface area contributed by atoms with Crippen LogP contribution in [0.1, 0.15) is 5.76 Å². The number of benzene rings is 1. The highest BCUT2D eigenvalue weighted by atomic mass is 16.5. The van der Waals surface area contributed by atoms with Gasteiger partial charge in [0.15, 0.2) is 5.82 Å². The number of carbonyl (C=O) groups is 2. The molecule has 25 heavy (non-hydrogen) atoms. The Morgan fingerprint density at radius 2 is 2.12 bits per heavy atom. The summed E-state index contributed by atoms with van der Waals surface area (Å²) in [7, 11) is 1.51. The van der Waals surface area contributed by atoms with Crippen molar-refractivity contribution in [2.24, 2.45) is 0 Å². The van der Waals surface area contributed by atoms with Gasteiger partial charge in [-0.3, -0.25) is 4.79 Å². The fourth-order valence-corrected chi connectivity index (χ4v) is 2.10. The summed E-state index contributed by atoms with van der Waals surface area (Å²) in [5.41, 5.74) is 0.511. The van der Waals surface area contributed by atoms with Crippen molar-refractivity contribution in [1.29, 1.82) is 0 Å². The topological polar surface area (TPSA) is 96.7 Å². The molecular formula is C17H20N4O4. The van der Waals surface area contributed by atoms with Gasteiger partial charge in [0.05, 0.1) is 12.8 Å². The molecule has 8 heteroatoms. The summed E-state index contributed by atoms with van der Waals surface area (Å²) >= 11 is 0. The zero-order valence-corrected chi connectivity index (χ0v) is 14.1. The number of nitrogens with one attached hydrogen (secondary N) is 2. The Labute approximate surface area is 145 Å².